The van der Waals surface area contributed by atoms with Crippen LogP contribution in [0.25, 0.3) is 11.0 Å². The Hall–Kier alpha value is -1.48. The molecular formula is C13H14ClNO2. The topological polar surface area (TPSA) is 42.2 Å². The Labute approximate surface area is 105 Å². The Morgan fingerprint density at radius 2 is 2.24 bits per heavy atom. The Balaban J connectivity index is 2.21. The molecule has 1 amide bonds. The van der Waals surface area contributed by atoms with E-state index in [0.29, 0.717) is 12.3 Å². The number of hydrogen-bond acceptors (Lipinski definition) is 2. The van der Waals surface area contributed by atoms with E-state index in [4.69, 9.17) is 16.0 Å². The molecule has 1 heterocycles. The van der Waals surface area contributed by atoms with Crippen molar-refractivity contribution in [3.05, 3.63) is 35.6 Å². The number of hydrogen-bond donors (Lipinski definition) is 1. The van der Waals surface area contributed by atoms with E-state index >= 15 is 0 Å². The zero-order chi connectivity index (χ0) is 12.4. The van der Waals surface area contributed by atoms with E-state index in [1.165, 1.54) is 0 Å². The van der Waals surface area contributed by atoms with Crippen LogP contribution in [0, 0.1) is 6.92 Å². The minimum Gasteiger partial charge on any atom is -0.451 e. The van der Waals surface area contributed by atoms with E-state index in [1.807, 2.05) is 32.0 Å². The second kappa shape index (κ2) is 4.80. The molecule has 0 aliphatic rings. The molecule has 17 heavy (non-hydrogen) atoms. The molecule has 0 radical (unpaired) electrons. The molecule has 1 atom stereocenters. The number of rotatable bonds is 3. The molecule has 0 spiro atoms. The fourth-order valence-corrected chi connectivity index (χ4v) is 1.67. The van der Waals surface area contributed by atoms with Crippen LogP contribution >= 0.6 is 11.6 Å². The van der Waals surface area contributed by atoms with E-state index in [-0.39, 0.29) is 11.3 Å². The molecule has 1 aromatic carbocycles. The number of alkyl halides is 1. The van der Waals surface area contributed by atoms with Gasteiger partial charge in [-0.1, -0.05) is 11.6 Å². The number of carbonyl (C=O) groups excluding carboxylic acids is 1. The molecule has 0 aliphatic heterocycles. The van der Waals surface area contributed by atoms with Crippen molar-refractivity contribution >= 4 is 28.5 Å². The summed E-state index contributed by atoms with van der Waals surface area (Å²) in [5, 5.41) is 3.56. The first-order chi connectivity index (χ1) is 8.06. The summed E-state index contributed by atoms with van der Waals surface area (Å²) in [4.78, 5) is 11.7. The molecular weight excluding hydrogens is 238 g/mol. The third-order valence-electron chi connectivity index (χ3n) is 2.44. The molecule has 4 heteroatoms. The van der Waals surface area contributed by atoms with Gasteiger partial charge in [0.05, 0.1) is 0 Å². The highest BCUT2D eigenvalue weighted by molar-refractivity contribution is 6.20. The minimum absolute atomic E-state index is 0.0921. The van der Waals surface area contributed by atoms with Crippen molar-refractivity contribution in [2.45, 2.75) is 19.2 Å². The highest BCUT2D eigenvalue weighted by Crippen LogP contribution is 2.20. The van der Waals surface area contributed by atoms with Crippen LogP contribution in [0.3, 0.4) is 0 Å². The smallest absolute Gasteiger partial charge is 0.287 e. The Morgan fingerprint density at radius 3 is 2.94 bits per heavy atom. The number of nitrogens with one attached hydrogen (secondary N) is 1. The second-order valence-corrected chi connectivity index (χ2v) is 4.89. The van der Waals surface area contributed by atoms with Crippen molar-refractivity contribution in [1.82, 2.24) is 5.32 Å². The second-order valence-electron chi connectivity index (χ2n) is 4.14. The van der Waals surface area contributed by atoms with Crippen LogP contribution in [-0.2, 0) is 0 Å². The lowest BCUT2D eigenvalue weighted by atomic mass is 10.2. The van der Waals surface area contributed by atoms with E-state index in [9.17, 15) is 4.79 Å². The fraction of sp³-hybridized carbons (Fsp3) is 0.308. The molecule has 0 bridgehead atoms. The Bertz CT molecular complexity index is 545. The van der Waals surface area contributed by atoms with Gasteiger partial charge in [0, 0.05) is 17.3 Å². The van der Waals surface area contributed by atoms with E-state index in [2.05, 4.69) is 5.32 Å². The van der Waals surface area contributed by atoms with Crippen LogP contribution in [0.5, 0.6) is 0 Å². The summed E-state index contributed by atoms with van der Waals surface area (Å²) in [5.41, 5.74) is 1.86. The third kappa shape index (κ3) is 2.80. The average molecular weight is 252 g/mol. The highest BCUT2D eigenvalue weighted by Gasteiger charge is 2.12. The predicted molar refractivity (Wildman–Crippen MR) is 68.6 cm³/mol. The van der Waals surface area contributed by atoms with Crippen molar-refractivity contribution in [3.63, 3.8) is 0 Å². The minimum atomic E-state index is -0.230. The lowest BCUT2D eigenvalue weighted by Crippen LogP contribution is -2.28. The number of carbonyl (C=O) groups is 1. The summed E-state index contributed by atoms with van der Waals surface area (Å²) in [6.45, 7) is 4.25. The quantitative estimate of drug-likeness (QED) is 0.852. The van der Waals surface area contributed by atoms with Gasteiger partial charge in [0.15, 0.2) is 5.76 Å². The fourth-order valence-electron chi connectivity index (χ4n) is 1.60. The van der Waals surface area contributed by atoms with Gasteiger partial charge in [-0.15, -0.1) is 11.6 Å². The Kier molecular flexibility index (Phi) is 3.38. The molecule has 1 N–H and O–H groups in total. The van der Waals surface area contributed by atoms with Crippen molar-refractivity contribution in [3.8, 4) is 0 Å². The molecule has 0 saturated heterocycles. The van der Waals surface area contributed by atoms with Crippen LogP contribution in [0.15, 0.2) is 28.7 Å². The molecule has 2 rings (SSSR count). The third-order valence-corrected chi connectivity index (χ3v) is 2.59. The molecule has 90 valence electrons. The maximum absolute atomic E-state index is 11.7. The van der Waals surface area contributed by atoms with Crippen molar-refractivity contribution < 1.29 is 9.21 Å². The maximum Gasteiger partial charge on any atom is 0.287 e. The number of fused-ring (bicyclic) bond motifs is 1. The summed E-state index contributed by atoms with van der Waals surface area (Å²) >= 11 is 5.76. The maximum atomic E-state index is 11.7. The van der Waals surface area contributed by atoms with Crippen LogP contribution in [0.2, 0.25) is 0 Å². The number of amides is 1. The van der Waals surface area contributed by atoms with E-state index in [1.54, 1.807) is 6.07 Å². The molecule has 1 aromatic heterocycles. The van der Waals surface area contributed by atoms with Crippen LogP contribution in [-0.4, -0.2) is 17.8 Å². The normalized spacial score (nSPS) is 12.6. The highest BCUT2D eigenvalue weighted by atomic mass is 35.5. The van der Waals surface area contributed by atoms with Gasteiger partial charge in [-0.25, -0.2) is 0 Å². The summed E-state index contributed by atoms with van der Waals surface area (Å²) in [6.07, 6.45) is 0. The van der Waals surface area contributed by atoms with Gasteiger partial charge < -0.3 is 9.73 Å². The van der Waals surface area contributed by atoms with Crippen molar-refractivity contribution in [2.24, 2.45) is 0 Å². The van der Waals surface area contributed by atoms with Gasteiger partial charge in [0.25, 0.3) is 5.91 Å². The van der Waals surface area contributed by atoms with Gasteiger partial charge in [-0.05, 0) is 32.0 Å². The van der Waals surface area contributed by atoms with Gasteiger partial charge >= 0.3 is 0 Å². The summed E-state index contributed by atoms with van der Waals surface area (Å²) in [7, 11) is 0. The monoisotopic (exact) mass is 251 g/mol. The molecule has 1 unspecified atom stereocenters. The number of furan rings is 1. The SMILES string of the molecule is Cc1ccc2oc(C(=O)NCC(C)Cl)cc2c1. The van der Waals surface area contributed by atoms with Crippen LogP contribution in [0.4, 0.5) is 0 Å². The number of benzene rings is 1. The lowest BCUT2D eigenvalue weighted by molar-refractivity contribution is 0.0928. The molecule has 0 aliphatic carbocycles. The zero-order valence-electron chi connectivity index (χ0n) is 9.79. The predicted octanol–water partition coefficient (Wildman–Crippen LogP) is 3.10. The molecule has 2 aromatic rings. The van der Waals surface area contributed by atoms with Gasteiger partial charge in [0.2, 0.25) is 0 Å². The first-order valence-corrected chi connectivity index (χ1v) is 5.92. The summed E-state index contributed by atoms with van der Waals surface area (Å²) in [5.74, 6) is 0.0919. The molecule has 3 nitrogen and oxygen atoms in total. The van der Waals surface area contributed by atoms with Crippen molar-refractivity contribution in [2.75, 3.05) is 6.54 Å². The molecule has 0 saturated carbocycles. The first kappa shape index (κ1) is 12.0. The average Bonchev–Trinajstić information content (AvgIpc) is 2.68. The zero-order valence-corrected chi connectivity index (χ0v) is 10.5. The lowest BCUT2D eigenvalue weighted by Gasteiger charge is -2.03. The largest absolute Gasteiger partial charge is 0.451 e. The number of aryl methyl sites for hydroxylation is 1. The van der Waals surface area contributed by atoms with Gasteiger partial charge in [-0.3, -0.25) is 4.79 Å². The number of halogens is 1. The standard InChI is InChI=1S/C13H14ClNO2/c1-8-3-4-11-10(5-8)6-12(17-11)13(16)15-7-9(2)14/h3-6,9H,7H2,1-2H3,(H,15,16). The van der Waals surface area contributed by atoms with Crippen LogP contribution in [0.1, 0.15) is 23.0 Å². The summed E-state index contributed by atoms with van der Waals surface area (Å²) in [6, 6.07) is 7.55. The van der Waals surface area contributed by atoms with Gasteiger partial charge in [0.1, 0.15) is 5.58 Å². The first-order valence-electron chi connectivity index (χ1n) is 5.49. The van der Waals surface area contributed by atoms with E-state index in [0.717, 1.165) is 16.5 Å². The summed E-state index contributed by atoms with van der Waals surface area (Å²) < 4.78 is 5.46. The van der Waals surface area contributed by atoms with E-state index < -0.39 is 0 Å². The Morgan fingerprint density at radius 1 is 1.47 bits per heavy atom. The van der Waals surface area contributed by atoms with Gasteiger partial charge in [-0.2, -0.15) is 0 Å². The van der Waals surface area contributed by atoms with Crippen LogP contribution < -0.4 is 5.32 Å². The van der Waals surface area contributed by atoms with Crippen molar-refractivity contribution in [1.29, 1.82) is 0 Å². The molecule has 0 fully saturated rings.